The number of carbonyl (C=O) groups is 2. The molecule has 2 aromatic carbocycles. The summed E-state index contributed by atoms with van der Waals surface area (Å²) >= 11 is 0. The number of likely N-dealkylation sites (N-methyl/N-ethyl adjacent to an activating group) is 1. The van der Waals surface area contributed by atoms with Gasteiger partial charge in [0.25, 0.3) is 0 Å². The molecule has 0 aromatic heterocycles. The van der Waals surface area contributed by atoms with E-state index in [4.69, 9.17) is 4.74 Å². The third-order valence-electron chi connectivity index (χ3n) is 7.18. The molecule has 1 fully saturated rings. The van der Waals surface area contributed by atoms with Crippen molar-refractivity contribution in [1.29, 1.82) is 0 Å². The van der Waals surface area contributed by atoms with Crippen molar-refractivity contribution in [3.8, 4) is 0 Å². The van der Waals surface area contributed by atoms with E-state index >= 15 is 0 Å². The molecule has 0 saturated carbocycles. The molecule has 1 aliphatic rings. The van der Waals surface area contributed by atoms with Crippen LogP contribution in [0.25, 0.3) is 0 Å². The highest BCUT2D eigenvalue weighted by Gasteiger charge is 2.41. The third kappa shape index (κ3) is 7.71. The van der Waals surface area contributed by atoms with E-state index in [9.17, 15) is 40.3 Å². The van der Waals surface area contributed by atoms with E-state index in [1.807, 2.05) is 0 Å². The predicted molar refractivity (Wildman–Crippen MR) is 138 cm³/mol. The summed E-state index contributed by atoms with van der Waals surface area (Å²) in [5.74, 6) is -3.06. The zero-order valence-corrected chi connectivity index (χ0v) is 23.6. The van der Waals surface area contributed by atoms with Crippen LogP contribution in [0.1, 0.15) is 73.8 Å². The first-order valence-corrected chi connectivity index (χ1v) is 13.0. The second-order valence-corrected chi connectivity index (χ2v) is 11.4. The summed E-state index contributed by atoms with van der Waals surface area (Å²) in [6.07, 6.45) is -10.4. The lowest BCUT2D eigenvalue weighted by Gasteiger charge is -2.44. The molecule has 226 valence electrons. The number of carbonyl (C=O) groups excluding carboxylic acids is 2. The summed E-state index contributed by atoms with van der Waals surface area (Å²) in [4.78, 5) is 29.2. The van der Waals surface area contributed by atoms with Crippen LogP contribution in [-0.2, 0) is 21.9 Å². The van der Waals surface area contributed by atoms with E-state index in [0.29, 0.717) is 23.3 Å². The number of alkyl halides is 6. The van der Waals surface area contributed by atoms with Crippen molar-refractivity contribution < 1.29 is 45.1 Å². The number of hydrogen-bond acceptors (Lipinski definition) is 3. The molecule has 0 spiro atoms. The van der Waals surface area contributed by atoms with Crippen LogP contribution in [0.4, 0.5) is 35.5 Å². The fourth-order valence-corrected chi connectivity index (χ4v) is 5.10. The number of aryl methyl sites for hydroxylation is 1. The lowest BCUT2D eigenvalue weighted by Crippen LogP contribution is -2.53. The highest BCUT2D eigenvalue weighted by molar-refractivity contribution is 5.83. The molecular formula is C29H33F7N2O3. The molecule has 0 N–H and O–H groups in total. The number of piperidine rings is 1. The minimum atomic E-state index is -5.05. The number of likely N-dealkylation sites (tertiary alicyclic amines) is 1. The maximum absolute atomic E-state index is 13.9. The maximum Gasteiger partial charge on any atom is 0.416 e. The molecule has 0 aliphatic carbocycles. The molecule has 1 unspecified atom stereocenters. The number of amides is 2. The Hall–Kier alpha value is -3.31. The third-order valence-corrected chi connectivity index (χ3v) is 7.18. The van der Waals surface area contributed by atoms with Gasteiger partial charge < -0.3 is 14.5 Å². The van der Waals surface area contributed by atoms with Gasteiger partial charge in [0, 0.05) is 32.1 Å². The zero-order chi connectivity index (χ0) is 31.1. The quantitative estimate of drug-likeness (QED) is 0.346. The molecule has 1 heterocycles. The van der Waals surface area contributed by atoms with Gasteiger partial charge in [-0.05, 0) is 88.1 Å². The average Bonchev–Trinajstić information content (AvgIpc) is 2.84. The van der Waals surface area contributed by atoms with Crippen LogP contribution >= 0.6 is 0 Å². The van der Waals surface area contributed by atoms with Crippen molar-refractivity contribution in [1.82, 2.24) is 9.80 Å². The molecule has 0 bridgehead atoms. The molecule has 12 heteroatoms. The van der Waals surface area contributed by atoms with E-state index in [0.717, 1.165) is 0 Å². The van der Waals surface area contributed by atoms with Gasteiger partial charge in [0.2, 0.25) is 5.91 Å². The standard InChI is InChI=1S/C29H33F7N2O3/c1-16-11-21(30)7-8-22(16)23-15-38(26(40)41-27(3,4)5)10-9-24(23)37(6)25(39)17(2)18-12-19(28(31,32)33)14-20(13-18)29(34,35)36/h7-8,11-14,17,23-24H,9-10,15H2,1-6H3/t17?,23-,24+/m1/s1. The van der Waals surface area contributed by atoms with E-state index in [1.165, 1.54) is 35.9 Å². The van der Waals surface area contributed by atoms with Gasteiger partial charge >= 0.3 is 18.4 Å². The number of ether oxygens (including phenoxy) is 1. The molecule has 3 rings (SSSR count). The molecule has 1 saturated heterocycles. The molecule has 1 aliphatic heterocycles. The lowest BCUT2D eigenvalue weighted by molar-refractivity contribution is -0.143. The van der Waals surface area contributed by atoms with E-state index < -0.39 is 70.3 Å². The molecule has 5 nitrogen and oxygen atoms in total. The van der Waals surface area contributed by atoms with Crippen molar-refractivity contribution in [3.63, 3.8) is 0 Å². The SMILES string of the molecule is Cc1cc(F)ccc1[C@H]1CN(C(=O)OC(C)(C)C)CC[C@@H]1N(C)C(=O)C(C)c1cc(C(F)(F)F)cc(C(F)(F)F)c1. The minimum absolute atomic E-state index is 0.0180. The first-order chi connectivity index (χ1) is 18.7. The highest BCUT2D eigenvalue weighted by Crippen LogP contribution is 2.39. The Morgan fingerprint density at radius 2 is 1.54 bits per heavy atom. The van der Waals surface area contributed by atoms with Gasteiger partial charge in [-0.3, -0.25) is 4.79 Å². The van der Waals surface area contributed by atoms with Gasteiger partial charge in [-0.15, -0.1) is 0 Å². The van der Waals surface area contributed by atoms with Crippen molar-refractivity contribution in [2.24, 2.45) is 0 Å². The smallest absolute Gasteiger partial charge is 0.416 e. The van der Waals surface area contributed by atoms with Crippen LogP contribution in [0.15, 0.2) is 36.4 Å². The first-order valence-electron chi connectivity index (χ1n) is 13.0. The number of rotatable bonds is 4. The summed E-state index contributed by atoms with van der Waals surface area (Å²) in [6, 6.07) is 4.63. The Balaban J connectivity index is 1.97. The van der Waals surface area contributed by atoms with Crippen LogP contribution in [0, 0.1) is 12.7 Å². The maximum atomic E-state index is 13.9. The van der Waals surface area contributed by atoms with Gasteiger partial charge in [0.05, 0.1) is 17.0 Å². The molecule has 41 heavy (non-hydrogen) atoms. The van der Waals surface area contributed by atoms with Crippen molar-refractivity contribution >= 4 is 12.0 Å². The van der Waals surface area contributed by atoms with Crippen molar-refractivity contribution in [2.45, 2.75) is 76.9 Å². The fourth-order valence-electron chi connectivity index (χ4n) is 5.10. The average molecular weight is 591 g/mol. The molecule has 0 radical (unpaired) electrons. The van der Waals surface area contributed by atoms with Crippen molar-refractivity contribution in [2.75, 3.05) is 20.1 Å². The normalized spacial score (nSPS) is 19.1. The number of halogens is 7. The number of benzene rings is 2. The van der Waals surface area contributed by atoms with E-state index in [1.54, 1.807) is 33.8 Å². The second-order valence-electron chi connectivity index (χ2n) is 11.4. The van der Waals surface area contributed by atoms with Gasteiger partial charge in [-0.1, -0.05) is 6.07 Å². The lowest BCUT2D eigenvalue weighted by atomic mass is 9.82. The Labute approximate surface area is 234 Å². The zero-order valence-electron chi connectivity index (χ0n) is 23.6. The topological polar surface area (TPSA) is 49.9 Å². The number of hydrogen-bond donors (Lipinski definition) is 0. The van der Waals surface area contributed by atoms with Crippen LogP contribution in [0.3, 0.4) is 0 Å². The minimum Gasteiger partial charge on any atom is -0.444 e. The summed E-state index contributed by atoms with van der Waals surface area (Å²) in [5, 5.41) is 0. The van der Waals surface area contributed by atoms with E-state index in [2.05, 4.69) is 0 Å². The summed E-state index contributed by atoms with van der Waals surface area (Å²) in [6.45, 7) is 8.35. The summed E-state index contributed by atoms with van der Waals surface area (Å²) in [5.41, 5.74) is -2.99. The highest BCUT2D eigenvalue weighted by atomic mass is 19.4. The van der Waals surface area contributed by atoms with E-state index in [-0.39, 0.29) is 25.6 Å². The monoisotopic (exact) mass is 590 g/mol. The second kappa shape index (κ2) is 11.5. The van der Waals surface area contributed by atoms with Gasteiger partial charge in [0.1, 0.15) is 11.4 Å². The van der Waals surface area contributed by atoms with Crippen molar-refractivity contribution in [3.05, 3.63) is 70.0 Å². The molecule has 2 aromatic rings. The Morgan fingerprint density at radius 3 is 2.02 bits per heavy atom. The van der Waals surface area contributed by atoms with Crippen LogP contribution < -0.4 is 0 Å². The summed E-state index contributed by atoms with van der Waals surface area (Å²) in [7, 11) is 1.43. The largest absolute Gasteiger partial charge is 0.444 e. The summed E-state index contributed by atoms with van der Waals surface area (Å²) < 4.78 is 100.0. The first kappa shape index (κ1) is 32.2. The van der Waals surface area contributed by atoms with Crippen LogP contribution in [0.5, 0.6) is 0 Å². The fraction of sp³-hybridized carbons (Fsp3) is 0.517. The Morgan fingerprint density at radius 1 is 0.976 bits per heavy atom. The number of nitrogens with zero attached hydrogens (tertiary/aromatic N) is 2. The predicted octanol–water partition coefficient (Wildman–Crippen LogP) is 7.53. The van der Waals surface area contributed by atoms with Gasteiger partial charge in [0.15, 0.2) is 0 Å². The van der Waals surface area contributed by atoms with Crippen LogP contribution in [-0.4, -0.2) is 53.6 Å². The molecule has 2 amide bonds. The Bertz CT molecular complexity index is 1250. The Kier molecular flexibility index (Phi) is 9.05. The van der Waals surface area contributed by atoms with Gasteiger partial charge in [-0.25, -0.2) is 9.18 Å². The molecular weight excluding hydrogens is 557 g/mol. The van der Waals surface area contributed by atoms with Crippen LogP contribution in [0.2, 0.25) is 0 Å². The van der Waals surface area contributed by atoms with Gasteiger partial charge in [-0.2, -0.15) is 26.3 Å². The molecule has 3 atom stereocenters.